The molecule has 0 aliphatic heterocycles. The van der Waals surface area contributed by atoms with Crippen LogP contribution < -0.4 is 5.73 Å². The maximum absolute atomic E-state index is 5.48. The van der Waals surface area contributed by atoms with Crippen LogP contribution in [-0.4, -0.2) is 6.54 Å². The van der Waals surface area contributed by atoms with E-state index in [1.54, 1.807) is 0 Å². The standard InChI is InChI=1S/C19H39N.ClH/c1-2-3-4-5-6-7-8-9-10-11-12-13-14-15-16-17-18-19-20;/h10-11H,2-9,12-20H2,1H3;1H/b11-10-;. The molecule has 0 amide bonds. The summed E-state index contributed by atoms with van der Waals surface area (Å²) in [6.45, 7) is 3.15. The van der Waals surface area contributed by atoms with Crippen LogP contribution in [0, 0.1) is 0 Å². The smallest absolute Gasteiger partial charge is 0.00773 e. The van der Waals surface area contributed by atoms with Gasteiger partial charge in [0, 0.05) is 0 Å². The minimum Gasteiger partial charge on any atom is -0.330 e. The third-order valence-electron chi connectivity index (χ3n) is 3.97. The lowest BCUT2D eigenvalue weighted by atomic mass is 10.1. The fourth-order valence-corrected chi connectivity index (χ4v) is 2.57. The molecule has 0 saturated heterocycles. The van der Waals surface area contributed by atoms with E-state index < -0.39 is 0 Å². The minimum absolute atomic E-state index is 0. The predicted molar refractivity (Wildman–Crippen MR) is 100 cm³/mol. The van der Waals surface area contributed by atoms with Crippen molar-refractivity contribution in [3.8, 4) is 0 Å². The van der Waals surface area contributed by atoms with Gasteiger partial charge in [0.1, 0.15) is 0 Å². The second kappa shape index (κ2) is 22.3. The zero-order valence-electron chi connectivity index (χ0n) is 14.5. The van der Waals surface area contributed by atoms with Gasteiger partial charge >= 0.3 is 0 Å². The molecule has 0 bridgehead atoms. The van der Waals surface area contributed by atoms with Crippen molar-refractivity contribution in [2.24, 2.45) is 5.73 Å². The first-order chi connectivity index (χ1) is 9.91. The first kappa shape index (κ1) is 23.3. The summed E-state index contributed by atoms with van der Waals surface area (Å²) in [5.74, 6) is 0. The molecule has 0 aromatic rings. The minimum atomic E-state index is 0. The molecule has 1 nitrogen and oxygen atoms in total. The summed E-state index contributed by atoms with van der Waals surface area (Å²) in [5, 5.41) is 0. The van der Waals surface area contributed by atoms with Gasteiger partial charge in [0.2, 0.25) is 0 Å². The molecule has 0 unspecified atom stereocenters. The fraction of sp³-hybridized carbons (Fsp3) is 0.895. The van der Waals surface area contributed by atoms with Gasteiger partial charge in [-0.1, -0.05) is 83.3 Å². The number of allylic oxidation sites excluding steroid dienone is 2. The van der Waals surface area contributed by atoms with Crippen molar-refractivity contribution in [2.45, 2.75) is 103 Å². The third kappa shape index (κ3) is 22.4. The molecule has 21 heavy (non-hydrogen) atoms. The Kier molecular flexibility index (Phi) is 24.7. The summed E-state index contributed by atoms with van der Waals surface area (Å²) in [5.41, 5.74) is 5.48. The van der Waals surface area contributed by atoms with E-state index in [0.29, 0.717) is 0 Å². The summed E-state index contributed by atoms with van der Waals surface area (Å²) < 4.78 is 0. The number of nitrogens with two attached hydrogens (primary N) is 1. The second-order valence-electron chi connectivity index (χ2n) is 6.08. The van der Waals surface area contributed by atoms with Gasteiger partial charge in [-0.3, -0.25) is 0 Å². The lowest BCUT2D eigenvalue weighted by Crippen LogP contribution is -1.97. The highest BCUT2D eigenvalue weighted by molar-refractivity contribution is 5.85. The summed E-state index contributed by atoms with van der Waals surface area (Å²) in [7, 11) is 0. The van der Waals surface area contributed by atoms with Gasteiger partial charge in [-0.15, -0.1) is 12.4 Å². The van der Waals surface area contributed by atoms with Gasteiger partial charge in [0.25, 0.3) is 0 Å². The molecular formula is C19H40ClN. The summed E-state index contributed by atoms with van der Waals surface area (Å²) in [6.07, 6.45) is 25.4. The topological polar surface area (TPSA) is 26.0 Å². The number of unbranched alkanes of at least 4 members (excludes halogenated alkanes) is 13. The van der Waals surface area contributed by atoms with E-state index in [0.717, 1.165) is 6.54 Å². The van der Waals surface area contributed by atoms with Crippen LogP contribution in [0.25, 0.3) is 0 Å². The number of hydrogen-bond donors (Lipinski definition) is 1. The van der Waals surface area contributed by atoms with Crippen molar-refractivity contribution < 1.29 is 0 Å². The molecule has 0 rings (SSSR count). The molecule has 0 saturated carbocycles. The van der Waals surface area contributed by atoms with Crippen molar-refractivity contribution in [2.75, 3.05) is 6.54 Å². The SMILES string of the molecule is CCCCCCCCC/C=C\CCCCCCCCN.Cl. The molecule has 2 heteroatoms. The van der Waals surface area contributed by atoms with Gasteiger partial charge < -0.3 is 5.73 Å². The second-order valence-corrected chi connectivity index (χ2v) is 6.08. The molecule has 0 aromatic carbocycles. The summed E-state index contributed by atoms with van der Waals surface area (Å²) in [4.78, 5) is 0. The van der Waals surface area contributed by atoms with E-state index in [4.69, 9.17) is 5.73 Å². The van der Waals surface area contributed by atoms with Crippen molar-refractivity contribution in [1.82, 2.24) is 0 Å². The Balaban J connectivity index is 0. The zero-order chi connectivity index (χ0) is 14.7. The number of halogens is 1. The maximum Gasteiger partial charge on any atom is -0.00773 e. The molecular weight excluding hydrogens is 278 g/mol. The van der Waals surface area contributed by atoms with Crippen molar-refractivity contribution in [1.29, 1.82) is 0 Å². The molecule has 2 N–H and O–H groups in total. The first-order valence-corrected chi connectivity index (χ1v) is 9.27. The molecule has 0 radical (unpaired) electrons. The Labute approximate surface area is 140 Å². The zero-order valence-corrected chi connectivity index (χ0v) is 15.3. The van der Waals surface area contributed by atoms with Gasteiger partial charge in [-0.25, -0.2) is 0 Å². The quantitative estimate of drug-likeness (QED) is 0.246. The Morgan fingerprint density at radius 1 is 0.571 bits per heavy atom. The fourth-order valence-electron chi connectivity index (χ4n) is 2.57. The van der Waals surface area contributed by atoms with Crippen molar-refractivity contribution >= 4 is 12.4 Å². The van der Waals surface area contributed by atoms with E-state index in [1.807, 2.05) is 0 Å². The van der Waals surface area contributed by atoms with Gasteiger partial charge in [-0.2, -0.15) is 0 Å². The van der Waals surface area contributed by atoms with Crippen LogP contribution in [-0.2, 0) is 0 Å². The van der Waals surface area contributed by atoms with Crippen LogP contribution in [0.1, 0.15) is 103 Å². The highest BCUT2D eigenvalue weighted by atomic mass is 35.5. The molecule has 0 spiro atoms. The summed E-state index contributed by atoms with van der Waals surface area (Å²) in [6, 6.07) is 0. The highest BCUT2D eigenvalue weighted by Crippen LogP contribution is 2.10. The van der Waals surface area contributed by atoms with E-state index in [1.165, 1.54) is 96.3 Å². The molecule has 128 valence electrons. The van der Waals surface area contributed by atoms with Crippen LogP contribution >= 0.6 is 12.4 Å². The molecule has 0 heterocycles. The van der Waals surface area contributed by atoms with E-state index >= 15 is 0 Å². The Morgan fingerprint density at radius 2 is 0.952 bits per heavy atom. The molecule has 0 atom stereocenters. The van der Waals surface area contributed by atoms with Gasteiger partial charge in [-0.05, 0) is 38.6 Å². The molecule has 0 aromatic heterocycles. The van der Waals surface area contributed by atoms with Crippen molar-refractivity contribution in [3.05, 3.63) is 12.2 Å². The average molecular weight is 318 g/mol. The predicted octanol–water partition coefficient (Wildman–Crippen LogP) is 6.79. The molecule has 0 aliphatic rings. The third-order valence-corrected chi connectivity index (χ3v) is 3.97. The lowest BCUT2D eigenvalue weighted by molar-refractivity contribution is 0.590. The van der Waals surface area contributed by atoms with Gasteiger partial charge in [0.05, 0.1) is 0 Å². The van der Waals surface area contributed by atoms with Gasteiger partial charge in [0.15, 0.2) is 0 Å². The lowest BCUT2D eigenvalue weighted by Gasteiger charge is -2.00. The highest BCUT2D eigenvalue weighted by Gasteiger charge is 1.90. The Bertz CT molecular complexity index is 172. The van der Waals surface area contributed by atoms with Crippen LogP contribution in [0.3, 0.4) is 0 Å². The molecule has 0 aliphatic carbocycles. The Hall–Kier alpha value is -0.0100. The van der Waals surface area contributed by atoms with E-state index in [-0.39, 0.29) is 12.4 Å². The number of hydrogen-bond acceptors (Lipinski definition) is 1. The van der Waals surface area contributed by atoms with Crippen LogP contribution in [0.2, 0.25) is 0 Å². The number of rotatable bonds is 16. The Morgan fingerprint density at radius 3 is 1.38 bits per heavy atom. The average Bonchev–Trinajstić information content (AvgIpc) is 2.47. The molecule has 0 fully saturated rings. The monoisotopic (exact) mass is 317 g/mol. The van der Waals surface area contributed by atoms with Crippen molar-refractivity contribution in [3.63, 3.8) is 0 Å². The van der Waals surface area contributed by atoms with Crippen LogP contribution in [0.15, 0.2) is 12.2 Å². The first-order valence-electron chi connectivity index (χ1n) is 9.27. The van der Waals surface area contributed by atoms with E-state index in [2.05, 4.69) is 19.1 Å². The maximum atomic E-state index is 5.48. The van der Waals surface area contributed by atoms with Crippen LogP contribution in [0.4, 0.5) is 0 Å². The van der Waals surface area contributed by atoms with Crippen LogP contribution in [0.5, 0.6) is 0 Å². The summed E-state index contributed by atoms with van der Waals surface area (Å²) >= 11 is 0. The van der Waals surface area contributed by atoms with E-state index in [9.17, 15) is 0 Å². The normalized spacial score (nSPS) is 11.0. The largest absolute Gasteiger partial charge is 0.330 e.